The van der Waals surface area contributed by atoms with Crippen molar-refractivity contribution in [3.63, 3.8) is 0 Å². The van der Waals surface area contributed by atoms with Crippen molar-refractivity contribution in [2.75, 3.05) is 0 Å². The maximum atomic E-state index is 6.03. The SMILES string of the molecule is CCC(N)Cc1cccn1Cc1cccc(Br)c1. The van der Waals surface area contributed by atoms with E-state index in [2.05, 4.69) is 63.9 Å². The van der Waals surface area contributed by atoms with Crippen LogP contribution in [0.3, 0.4) is 0 Å². The lowest BCUT2D eigenvalue weighted by Gasteiger charge is -2.13. The largest absolute Gasteiger partial charge is 0.347 e. The minimum atomic E-state index is 0.251. The lowest BCUT2D eigenvalue weighted by molar-refractivity contribution is 0.610. The molecule has 0 aliphatic rings. The van der Waals surface area contributed by atoms with Gasteiger partial charge in [-0.15, -0.1) is 0 Å². The molecule has 1 heterocycles. The molecule has 2 nitrogen and oxygen atoms in total. The average molecular weight is 307 g/mol. The number of aromatic nitrogens is 1. The summed E-state index contributed by atoms with van der Waals surface area (Å²) in [4.78, 5) is 0. The summed E-state index contributed by atoms with van der Waals surface area (Å²) < 4.78 is 3.40. The molecule has 96 valence electrons. The molecule has 0 radical (unpaired) electrons. The van der Waals surface area contributed by atoms with Crippen molar-refractivity contribution in [2.24, 2.45) is 5.73 Å². The van der Waals surface area contributed by atoms with Gasteiger partial charge in [-0.25, -0.2) is 0 Å². The Kier molecular flexibility index (Phi) is 4.61. The predicted molar refractivity (Wildman–Crippen MR) is 79.6 cm³/mol. The molecule has 1 aromatic carbocycles. The van der Waals surface area contributed by atoms with Crippen molar-refractivity contribution in [3.8, 4) is 0 Å². The summed E-state index contributed by atoms with van der Waals surface area (Å²) >= 11 is 3.51. The Balaban J connectivity index is 2.12. The van der Waals surface area contributed by atoms with Gasteiger partial charge in [-0.3, -0.25) is 0 Å². The first-order valence-corrected chi connectivity index (χ1v) is 7.12. The second kappa shape index (κ2) is 6.21. The smallest absolute Gasteiger partial charge is 0.0473 e. The Morgan fingerprint density at radius 3 is 2.83 bits per heavy atom. The van der Waals surface area contributed by atoms with Gasteiger partial charge < -0.3 is 10.3 Å². The second-order valence-corrected chi connectivity index (χ2v) is 5.55. The maximum absolute atomic E-state index is 6.03. The van der Waals surface area contributed by atoms with Gasteiger partial charge in [-0.05, 0) is 36.2 Å². The van der Waals surface area contributed by atoms with Gasteiger partial charge in [-0.1, -0.05) is 35.0 Å². The standard InChI is InChI=1S/C15H19BrN2/c1-2-14(17)10-15-7-4-8-18(15)11-12-5-3-6-13(16)9-12/h3-9,14H,2,10-11,17H2,1H3. The van der Waals surface area contributed by atoms with E-state index in [0.29, 0.717) is 0 Å². The summed E-state index contributed by atoms with van der Waals surface area (Å²) in [5, 5.41) is 0. The summed E-state index contributed by atoms with van der Waals surface area (Å²) in [7, 11) is 0. The van der Waals surface area contributed by atoms with E-state index in [0.717, 1.165) is 23.9 Å². The van der Waals surface area contributed by atoms with E-state index in [9.17, 15) is 0 Å². The Morgan fingerprint density at radius 2 is 2.11 bits per heavy atom. The molecule has 0 spiro atoms. The van der Waals surface area contributed by atoms with Gasteiger partial charge >= 0.3 is 0 Å². The fourth-order valence-electron chi connectivity index (χ4n) is 2.03. The van der Waals surface area contributed by atoms with Gasteiger partial charge in [0, 0.05) is 35.4 Å². The van der Waals surface area contributed by atoms with Crippen LogP contribution in [0, 0.1) is 0 Å². The van der Waals surface area contributed by atoms with Crippen LogP contribution in [0.2, 0.25) is 0 Å². The number of nitrogens with zero attached hydrogens (tertiary/aromatic N) is 1. The van der Waals surface area contributed by atoms with E-state index in [-0.39, 0.29) is 6.04 Å². The quantitative estimate of drug-likeness (QED) is 0.899. The molecular formula is C15H19BrN2. The molecule has 2 aromatic rings. The van der Waals surface area contributed by atoms with Crippen LogP contribution < -0.4 is 5.73 Å². The summed E-state index contributed by atoms with van der Waals surface area (Å²) in [5.41, 5.74) is 8.64. The van der Waals surface area contributed by atoms with Gasteiger partial charge in [0.15, 0.2) is 0 Å². The van der Waals surface area contributed by atoms with Crippen LogP contribution in [0.4, 0.5) is 0 Å². The van der Waals surface area contributed by atoms with Crippen LogP contribution in [0.15, 0.2) is 47.1 Å². The fourth-order valence-corrected chi connectivity index (χ4v) is 2.48. The molecule has 1 unspecified atom stereocenters. The van der Waals surface area contributed by atoms with Gasteiger partial charge in [0.2, 0.25) is 0 Å². The molecule has 18 heavy (non-hydrogen) atoms. The van der Waals surface area contributed by atoms with Crippen LogP contribution in [0.25, 0.3) is 0 Å². The minimum Gasteiger partial charge on any atom is -0.347 e. The molecule has 0 amide bonds. The first-order chi connectivity index (χ1) is 8.69. The van der Waals surface area contributed by atoms with Crippen molar-refractivity contribution in [1.29, 1.82) is 0 Å². The van der Waals surface area contributed by atoms with Crippen molar-refractivity contribution >= 4 is 15.9 Å². The van der Waals surface area contributed by atoms with E-state index < -0.39 is 0 Å². The zero-order valence-corrected chi connectivity index (χ0v) is 12.2. The number of benzene rings is 1. The molecular weight excluding hydrogens is 288 g/mol. The van der Waals surface area contributed by atoms with Crippen molar-refractivity contribution in [2.45, 2.75) is 32.4 Å². The monoisotopic (exact) mass is 306 g/mol. The van der Waals surface area contributed by atoms with Crippen LogP contribution in [-0.2, 0) is 13.0 Å². The molecule has 3 heteroatoms. The van der Waals surface area contributed by atoms with Crippen LogP contribution >= 0.6 is 15.9 Å². The Hall–Kier alpha value is -1.06. The van der Waals surface area contributed by atoms with Crippen LogP contribution in [0.1, 0.15) is 24.6 Å². The van der Waals surface area contributed by atoms with Crippen LogP contribution in [-0.4, -0.2) is 10.6 Å². The molecule has 2 rings (SSSR count). The number of halogens is 1. The molecule has 0 saturated heterocycles. The third kappa shape index (κ3) is 3.47. The van der Waals surface area contributed by atoms with E-state index in [1.807, 2.05) is 6.07 Å². The molecule has 2 N–H and O–H groups in total. The minimum absolute atomic E-state index is 0.251. The summed E-state index contributed by atoms with van der Waals surface area (Å²) in [6, 6.07) is 12.9. The lowest BCUT2D eigenvalue weighted by Crippen LogP contribution is -2.23. The first-order valence-electron chi connectivity index (χ1n) is 6.33. The van der Waals surface area contributed by atoms with E-state index in [4.69, 9.17) is 5.73 Å². The second-order valence-electron chi connectivity index (χ2n) is 4.63. The van der Waals surface area contributed by atoms with Crippen molar-refractivity contribution < 1.29 is 0 Å². The Labute approximate surface area is 117 Å². The lowest BCUT2D eigenvalue weighted by atomic mass is 10.1. The highest BCUT2D eigenvalue weighted by Gasteiger charge is 2.06. The molecule has 1 atom stereocenters. The van der Waals surface area contributed by atoms with Crippen molar-refractivity contribution in [3.05, 3.63) is 58.3 Å². The molecule has 0 saturated carbocycles. The Morgan fingerprint density at radius 1 is 1.28 bits per heavy atom. The van der Waals surface area contributed by atoms with Gasteiger partial charge in [-0.2, -0.15) is 0 Å². The van der Waals surface area contributed by atoms with Crippen molar-refractivity contribution in [1.82, 2.24) is 4.57 Å². The van der Waals surface area contributed by atoms with E-state index in [1.54, 1.807) is 0 Å². The number of hydrogen-bond acceptors (Lipinski definition) is 1. The van der Waals surface area contributed by atoms with Crippen LogP contribution in [0.5, 0.6) is 0 Å². The van der Waals surface area contributed by atoms with Gasteiger partial charge in [0.05, 0.1) is 0 Å². The average Bonchev–Trinajstić information content (AvgIpc) is 2.76. The number of hydrogen-bond donors (Lipinski definition) is 1. The summed E-state index contributed by atoms with van der Waals surface area (Å²) in [6.45, 7) is 3.03. The van der Waals surface area contributed by atoms with E-state index >= 15 is 0 Å². The maximum Gasteiger partial charge on any atom is 0.0473 e. The molecule has 0 aliphatic heterocycles. The fraction of sp³-hybridized carbons (Fsp3) is 0.333. The zero-order valence-electron chi connectivity index (χ0n) is 10.6. The third-order valence-electron chi connectivity index (χ3n) is 3.16. The number of nitrogens with two attached hydrogens (primary N) is 1. The van der Waals surface area contributed by atoms with Gasteiger partial charge in [0.25, 0.3) is 0 Å². The highest BCUT2D eigenvalue weighted by atomic mass is 79.9. The molecule has 0 bridgehead atoms. The van der Waals surface area contributed by atoms with Gasteiger partial charge in [0.1, 0.15) is 0 Å². The molecule has 0 aliphatic carbocycles. The topological polar surface area (TPSA) is 30.9 Å². The summed E-state index contributed by atoms with van der Waals surface area (Å²) in [5.74, 6) is 0. The highest BCUT2D eigenvalue weighted by Crippen LogP contribution is 2.15. The summed E-state index contributed by atoms with van der Waals surface area (Å²) in [6.07, 6.45) is 4.08. The molecule has 0 fully saturated rings. The predicted octanol–water partition coefficient (Wildman–Crippen LogP) is 3.58. The molecule has 1 aromatic heterocycles. The van der Waals surface area contributed by atoms with E-state index in [1.165, 1.54) is 11.3 Å². The number of rotatable bonds is 5. The Bertz CT molecular complexity index is 505. The zero-order chi connectivity index (χ0) is 13.0. The highest BCUT2D eigenvalue weighted by molar-refractivity contribution is 9.10. The normalized spacial score (nSPS) is 12.6. The first kappa shape index (κ1) is 13.4. The third-order valence-corrected chi connectivity index (χ3v) is 3.65.